The highest BCUT2D eigenvalue weighted by Crippen LogP contribution is 2.23. The van der Waals surface area contributed by atoms with E-state index in [9.17, 15) is 4.79 Å². The number of aliphatic imine (C=N–C) groups is 1. The molecule has 2 rings (SSSR count). The topological polar surface area (TPSA) is 65.5 Å². The van der Waals surface area contributed by atoms with Gasteiger partial charge in [-0.3, -0.25) is 9.79 Å². The summed E-state index contributed by atoms with van der Waals surface area (Å²) in [7, 11) is 1.80. The van der Waals surface area contributed by atoms with E-state index in [1.54, 1.807) is 7.05 Å². The predicted molar refractivity (Wildman–Crippen MR) is 124 cm³/mol. The summed E-state index contributed by atoms with van der Waals surface area (Å²) in [6, 6.07) is 8.23. The Morgan fingerprint density at radius 1 is 1.19 bits per heavy atom. The van der Waals surface area contributed by atoms with Crippen LogP contribution in [-0.2, 0) is 6.54 Å². The quantitative estimate of drug-likeness (QED) is 0.342. The molecule has 1 aromatic carbocycles. The lowest BCUT2D eigenvalue weighted by Gasteiger charge is -2.28. The molecule has 1 aliphatic rings. The molecule has 0 aromatic heterocycles. The maximum atomic E-state index is 12.3. The molecule has 0 atom stereocenters. The molecule has 0 bridgehead atoms. The van der Waals surface area contributed by atoms with Crippen LogP contribution < -0.4 is 16.0 Å². The van der Waals surface area contributed by atoms with E-state index in [1.165, 1.54) is 25.7 Å². The highest BCUT2D eigenvalue weighted by molar-refractivity contribution is 14.0. The Morgan fingerprint density at radius 3 is 2.44 bits per heavy atom. The molecule has 0 unspecified atom stereocenters. The molecule has 3 N–H and O–H groups in total. The molecule has 0 saturated heterocycles. The Kier molecular flexibility index (Phi) is 9.56. The van der Waals surface area contributed by atoms with Gasteiger partial charge in [0.05, 0.1) is 0 Å². The normalized spacial score (nSPS) is 20.4. The van der Waals surface area contributed by atoms with E-state index in [2.05, 4.69) is 27.9 Å². The molecule has 0 spiro atoms. The van der Waals surface area contributed by atoms with Crippen LogP contribution in [0.2, 0.25) is 0 Å². The number of guanidine groups is 1. The molecule has 1 aliphatic carbocycles. The number of carbonyl (C=O) groups is 1. The zero-order valence-electron chi connectivity index (χ0n) is 17.3. The number of amides is 1. The van der Waals surface area contributed by atoms with Crippen molar-refractivity contribution < 1.29 is 4.79 Å². The van der Waals surface area contributed by atoms with E-state index in [0.29, 0.717) is 18.2 Å². The zero-order valence-corrected chi connectivity index (χ0v) is 19.6. The number of carbonyl (C=O) groups excluding carboxylic acids is 1. The van der Waals surface area contributed by atoms with E-state index in [1.807, 2.05) is 45.0 Å². The molecule has 1 saturated carbocycles. The molecule has 1 amide bonds. The molecule has 1 fully saturated rings. The smallest absolute Gasteiger partial charge is 0.251 e. The molecule has 1 aromatic rings. The van der Waals surface area contributed by atoms with Gasteiger partial charge in [0, 0.05) is 30.7 Å². The first-order valence-electron chi connectivity index (χ1n) is 9.65. The highest BCUT2D eigenvalue weighted by atomic mass is 127. The first-order chi connectivity index (χ1) is 12.3. The van der Waals surface area contributed by atoms with E-state index in [-0.39, 0.29) is 35.4 Å². The molecule has 27 heavy (non-hydrogen) atoms. The second-order valence-electron chi connectivity index (χ2n) is 8.43. The molecule has 0 aliphatic heterocycles. The monoisotopic (exact) mass is 486 g/mol. The Labute approximate surface area is 181 Å². The number of rotatable bonds is 4. The lowest BCUT2D eigenvalue weighted by molar-refractivity contribution is 0.0919. The van der Waals surface area contributed by atoms with Crippen molar-refractivity contribution in [1.29, 1.82) is 0 Å². The van der Waals surface area contributed by atoms with Crippen molar-refractivity contribution in [3.63, 3.8) is 0 Å². The second-order valence-corrected chi connectivity index (χ2v) is 8.43. The van der Waals surface area contributed by atoms with Crippen molar-refractivity contribution in [1.82, 2.24) is 16.0 Å². The van der Waals surface area contributed by atoms with Crippen LogP contribution in [0.3, 0.4) is 0 Å². The third kappa shape index (κ3) is 8.49. The minimum atomic E-state index is -0.241. The summed E-state index contributed by atoms with van der Waals surface area (Å²) < 4.78 is 0. The summed E-state index contributed by atoms with van der Waals surface area (Å²) in [5, 5.41) is 9.89. The molecule has 0 radical (unpaired) electrons. The van der Waals surface area contributed by atoms with Gasteiger partial charge in [-0.05, 0) is 70.1 Å². The number of nitrogens with one attached hydrogen (secondary N) is 3. The van der Waals surface area contributed by atoms with Gasteiger partial charge in [-0.1, -0.05) is 19.1 Å². The van der Waals surface area contributed by atoms with Crippen LogP contribution in [0.15, 0.2) is 29.3 Å². The van der Waals surface area contributed by atoms with Gasteiger partial charge >= 0.3 is 0 Å². The number of hydrogen-bond acceptors (Lipinski definition) is 2. The van der Waals surface area contributed by atoms with Crippen LogP contribution in [0.4, 0.5) is 0 Å². The lowest BCUT2D eigenvalue weighted by atomic mass is 9.87. The predicted octanol–water partition coefficient (Wildman–Crippen LogP) is 4.08. The van der Waals surface area contributed by atoms with E-state index < -0.39 is 0 Å². The van der Waals surface area contributed by atoms with Crippen LogP contribution in [0.5, 0.6) is 0 Å². The van der Waals surface area contributed by atoms with Gasteiger partial charge in [0.1, 0.15) is 0 Å². The van der Waals surface area contributed by atoms with Crippen molar-refractivity contribution in [3.8, 4) is 0 Å². The summed E-state index contributed by atoms with van der Waals surface area (Å²) >= 11 is 0. The lowest BCUT2D eigenvalue weighted by Crippen LogP contribution is -2.44. The first-order valence-corrected chi connectivity index (χ1v) is 9.65. The Hall–Kier alpha value is -1.31. The number of benzene rings is 1. The summed E-state index contributed by atoms with van der Waals surface area (Å²) in [5.74, 6) is 1.62. The number of hydrogen-bond donors (Lipinski definition) is 3. The Balaban J connectivity index is 0.00000364. The van der Waals surface area contributed by atoms with Crippen LogP contribution >= 0.6 is 24.0 Å². The van der Waals surface area contributed by atoms with Crippen molar-refractivity contribution in [2.24, 2.45) is 10.9 Å². The van der Waals surface area contributed by atoms with Crippen molar-refractivity contribution in [2.75, 3.05) is 7.05 Å². The van der Waals surface area contributed by atoms with Crippen molar-refractivity contribution in [3.05, 3.63) is 35.4 Å². The minimum absolute atomic E-state index is 0. The SMILES string of the molecule is CN=C(NCc1cccc(C(=O)NC(C)(C)C)c1)NC1CCC(C)CC1.I. The first kappa shape index (κ1) is 23.7. The van der Waals surface area contributed by atoms with Gasteiger partial charge in [0.2, 0.25) is 0 Å². The van der Waals surface area contributed by atoms with Gasteiger partial charge in [-0.25, -0.2) is 0 Å². The third-order valence-electron chi connectivity index (χ3n) is 4.72. The average Bonchev–Trinajstić information content (AvgIpc) is 2.59. The highest BCUT2D eigenvalue weighted by Gasteiger charge is 2.19. The van der Waals surface area contributed by atoms with Crippen LogP contribution in [0, 0.1) is 5.92 Å². The summed E-state index contributed by atoms with van der Waals surface area (Å²) in [6.45, 7) is 8.92. The van der Waals surface area contributed by atoms with Gasteiger partial charge in [0.25, 0.3) is 5.91 Å². The fourth-order valence-electron chi connectivity index (χ4n) is 3.21. The second kappa shape index (κ2) is 10.9. The molecular formula is C21H35IN4O. The van der Waals surface area contributed by atoms with Gasteiger partial charge in [-0.15, -0.1) is 24.0 Å². The standard InChI is InChI=1S/C21H34N4O.HI/c1-15-9-11-18(12-10-15)24-20(22-5)23-14-16-7-6-8-17(13-16)19(26)25-21(2,3)4;/h6-8,13,15,18H,9-12,14H2,1-5H3,(H,25,26)(H2,22,23,24);1H. The fourth-order valence-corrected chi connectivity index (χ4v) is 3.21. The maximum absolute atomic E-state index is 12.3. The molecule has 6 heteroatoms. The Bertz CT molecular complexity index is 631. The van der Waals surface area contributed by atoms with E-state index in [4.69, 9.17) is 0 Å². The van der Waals surface area contributed by atoms with Gasteiger partial charge < -0.3 is 16.0 Å². The zero-order chi connectivity index (χ0) is 19.2. The molecule has 0 heterocycles. The third-order valence-corrected chi connectivity index (χ3v) is 4.72. The van der Waals surface area contributed by atoms with Crippen molar-refractivity contribution in [2.45, 2.75) is 71.5 Å². The summed E-state index contributed by atoms with van der Waals surface area (Å²) in [5.41, 5.74) is 1.50. The van der Waals surface area contributed by atoms with Gasteiger partial charge in [0.15, 0.2) is 5.96 Å². The maximum Gasteiger partial charge on any atom is 0.251 e. The number of halogens is 1. The van der Waals surface area contributed by atoms with E-state index >= 15 is 0 Å². The van der Waals surface area contributed by atoms with Crippen molar-refractivity contribution >= 4 is 35.8 Å². The summed E-state index contributed by atoms with van der Waals surface area (Å²) in [4.78, 5) is 16.7. The van der Waals surface area contributed by atoms with Crippen LogP contribution in [-0.4, -0.2) is 30.5 Å². The largest absolute Gasteiger partial charge is 0.354 e. The molecule has 152 valence electrons. The average molecular weight is 486 g/mol. The molecule has 5 nitrogen and oxygen atoms in total. The Morgan fingerprint density at radius 2 is 1.85 bits per heavy atom. The summed E-state index contributed by atoms with van der Waals surface area (Å²) in [6.07, 6.45) is 4.95. The van der Waals surface area contributed by atoms with Crippen LogP contribution in [0.1, 0.15) is 69.3 Å². The fraction of sp³-hybridized carbons (Fsp3) is 0.619. The van der Waals surface area contributed by atoms with E-state index in [0.717, 1.165) is 17.4 Å². The molecular weight excluding hydrogens is 451 g/mol. The number of nitrogens with zero attached hydrogens (tertiary/aromatic N) is 1. The van der Waals surface area contributed by atoms with Gasteiger partial charge in [-0.2, -0.15) is 0 Å². The van der Waals surface area contributed by atoms with Crippen LogP contribution in [0.25, 0.3) is 0 Å². The minimum Gasteiger partial charge on any atom is -0.354 e.